The third-order valence-electron chi connectivity index (χ3n) is 5.38. The second-order valence-corrected chi connectivity index (χ2v) is 8.10. The van der Waals surface area contributed by atoms with Gasteiger partial charge in [-0.25, -0.2) is 0 Å². The van der Waals surface area contributed by atoms with Crippen LogP contribution < -0.4 is 10.6 Å². The normalized spacial score (nSPS) is 11.7. The third-order valence-corrected chi connectivity index (χ3v) is 5.38. The van der Waals surface area contributed by atoms with Gasteiger partial charge in [0.25, 0.3) is 5.91 Å². The molecule has 0 spiro atoms. The summed E-state index contributed by atoms with van der Waals surface area (Å²) in [6.45, 7) is 6.27. The van der Waals surface area contributed by atoms with E-state index in [2.05, 4.69) is 48.7 Å². The molecule has 3 aromatic carbocycles. The summed E-state index contributed by atoms with van der Waals surface area (Å²) in [5.41, 5.74) is 4.43. The van der Waals surface area contributed by atoms with E-state index in [1.165, 1.54) is 5.56 Å². The van der Waals surface area contributed by atoms with Crippen LogP contribution in [-0.4, -0.2) is 11.8 Å². The van der Waals surface area contributed by atoms with Gasteiger partial charge in [-0.15, -0.1) is 0 Å². The molecular weight excluding hydrogens is 384 g/mol. The fraction of sp³-hybridized carbons (Fsp3) is 0.259. The zero-order valence-corrected chi connectivity index (χ0v) is 18.4. The van der Waals surface area contributed by atoms with Gasteiger partial charge < -0.3 is 10.6 Å². The summed E-state index contributed by atoms with van der Waals surface area (Å²) >= 11 is 0. The van der Waals surface area contributed by atoms with Crippen molar-refractivity contribution in [3.63, 3.8) is 0 Å². The van der Waals surface area contributed by atoms with Crippen molar-refractivity contribution in [2.45, 2.75) is 45.6 Å². The number of hydrogen-bond acceptors (Lipinski definition) is 2. The topological polar surface area (TPSA) is 58.2 Å². The first kappa shape index (κ1) is 22.3. The average molecular weight is 415 g/mol. The molecule has 0 aromatic heterocycles. The van der Waals surface area contributed by atoms with E-state index in [0.29, 0.717) is 30.0 Å². The standard InChI is InChI=1S/C27H30N2O2/c1-19(2)22-16-13-21(14-17-22)15-18-26(30)29-25-12-8-7-11-24(25)27(31)28-20(3)23-9-5-4-6-10-23/h4-14,16-17,19-20H,15,18H2,1-3H3,(H,28,31)(H,29,30)/t20-/m0/s1. The zero-order chi connectivity index (χ0) is 22.2. The summed E-state index contributed by atoms with van der Waals surface area (Å²) in [6, 6.07) is 25.2. The lowest BCUT2D eigenvalue weighted by atomic mass is 10.0. The first-order valence-corrected chi connectivity index (χ1v) is 10.8. The van der Waals surface area contributed by atoms with Gasteiger partial charge in [-0.05, 0) is 48.1 Å². The van der Waals surface area contributed by atoms with Crippen molar-refractivity contribution in [2.75, 3.05) is 5.32 Å². The van der Waals surface area contributed by atoms with Crippen LogP contribution in [0.15, 0.2) is 78.9 Å². The van der Waals surface area contributed by atoms with E-state index in [9.17, 15) is 9.59 Å². The lowest BCUT2D eigenvalue weighted by Gasteiger charge is -2.16. The van der Waals surface area contributed by atoms with Gasteiger partial charge in [0.1, 0.15) is 0 Å². The van der Waals surface area contributed by atoms with E-state index in [4.69, 9.17) is 0 Å². The molecule has 0 bridgehead atoms. The quantitative estimate of drug-likeness (QED) is 0.484. The predicted molar refractivity (Wildman–Crippen MR) is 126 cm³/mol. The Morgan fingerprint density at radius 1 is 0.774 bits per heavy atom. The van der Waals surface area contributed by atoms with E-state index in [1.807, 2.05) is 43.3 Å². The summed E-state index contributed by atoms with van der Waals surface area (Å²) in [6.07, 6.45) is 1.01. The number of aryl methyl sites for hydroxylation is 1. The van der Waals surface area contributed by atoms with E-state index in [0.717, 1.165) is 11.1 Å². The van der Waals surface area contributed by atoms with Crippen LogP contribution in [0.3, 0.4) is 0 Å². The molecule has 3 rings (SSSR count). The zero-order valence-electron chi connectivity index (χ0n) is 18.4. The Balaban J connectivity index is 1.60. The second kappa shape index (κ2) is 10.6. The minimum Gasteiger partial charge on any atom is -0.345 e. The molecular formula is C27H30N2O2. The maximum atomic E-state index is 12.8. The maximum absolute atomic E-state index is 12.8. The van der Waals surface area contributed by atoms with Crippen molar-refractivity contribution < 1.29 is 9.59 Å². The van der Waals surface area contributed by atoms with Crippen molar-refractivity contribution in [2.24, 2.45) is 0 Å². The Bertz CT molecular complexity index is 1010. The molecule has 0 aliphatic heterocycles. The molecule has 31 heavy (non-hydrogen) atoms. The average Bonchev–Trinajstić information content (AvgIpc) is 2.79. The van der Waals surface area contributed by atoms with Crippen LogP contribution in [-0.2, 0) is 11.2 Å². The number of anilines is 1. The number of nitrogens with one attached hydrogen (secondary N) is 2. The Hall–Kier alpha value is -3.40. The molecule has 160 valence electrons. The van der Waals surface area contributed by atoms with Gasteiger partial charge in [0.2, 0.25) is 5.91 Å². The molecule has 0 radical (unpaired) electrons. The molecule has 0 fully saturated rings. The number of rotatable bonds is 8. The van der Waals surface area contributed by atoms with Gasteiger partial charge in [-0.3, -0.25) is 9.59 Å². The molecule has 2 N–H and O–H groups in total. The van der Waals surface area contributed by atoms with Crippen molar-refractivity contribution in [3.05, 3.63) is 101 Å². The van der Waals surface area contributed by atoms with Crippen molar-refractivity contribution in [1.82, 2.24) is 5.32 Å². The highest BCUT2D eigenvalue weighted by Crippen LogP contribution is 2.19. The van der Waals surface area contributed by atoms with E-state index in [-0.39, 0.29) is 17.9 Å². The molecule has 4 heteroatoms. The molecule has 3 aromatic rings. The van der Waals surface area contributed by atoms with Crippen LogP contribution in [0.5, 0.6) is 0 Å². The molecule has 0 aliphatic rings. The number of hydrogen-bond donors (Lipinski definition) is 2. The number of carbonyl (C=O) groups excluding carboxylic acids is 2. The number of amides is 2. The Kier molecular flexibility index (Phi) is 7.60. The fourth-order valence-corrected chi connectivity index (χ4v) is 3.43. The molecule has 2 amide bonds. The van der Waals surface area contributed by atoms with Crippen molar-refractivity contribution in [3.8, 4) is 0 Å². The highest BCUT2D eigenvalue weighted by atomic mass is 16.2. The minimum atomic E-state index is -0.212. The lowest BCUT2D eigenvalue weighted by molar-refractivity contribution is -0.116. The lowest BCUT2D eigenvalue weighted by Crippen LogP contribution is -2.28. The highest BCUT2D eigenvalue weighted by molar-refractivity contribution is 6.03. The van der Waals surface area contributed by atoms with Gasteiger partial charge in [0.15, 0.2) is 0 Å². The summed E-state index contributed by atoms with van der Waals surface area (Å²) in [5, 5.41) is 5.91. The van der Waals surface area contributed by atoms with Gasteiger partial charge in [-0.2, -0.15) is 0 Å². The predicted octanol–water partition coefficient (Wildman–Crippen LogP) is 5.87. The first-order valence-electron chi connectivity index (χ1n) is 10.8. The largest absolute Gasteiger partial charge is 0.345 e. The Morgan fingerprint density at radius 3 is 2.10 bits per heavy atom. The van der Waals surface area contributed by atoms with Gasteiger partial charge in [0, 0.05) is 6.42 Å². The van der Waals surface area contributed by atoms with Crippen molar-refractivity contribution >= 4 is 17.5 Å². The van der Waals surface area contributed by atoms with Gasteiger partial charge in [-0.1, -0.05) is 80.6 Å². The molecule has 4 nitrogen and oxygen atoms in total. The fourth-order valence-electron chi connectivity index (χ4n) is 3.43. The summed E-state index contributed by atoms with van der Waals surface area (Å²) in [5.74, 6) is 0.172. The van der Waals surface area contributed by atoms with E-state index < -0.39 is 0 Å². The van der Waals surface area contributed by atoms with Crippen LogP contribution in [0.2, 0.25) is 0 Å². The van der Waals surface area contributed by atoms with Crippen LogP contribution in [0.4, 0.5) is 5.69 Å². The van der Waals surface area contributed by atoms with Gasteiger partial charge in [0.05, 0.1) is 17.3 Å². The first-order chi connectivity index (χ1) is 14.9. The molecule has 0 heterocycles. The number of para-hydroxylation sites is 1. The number of benzene rings is 3. The van der Waals surface area contributed by atoms with Crippen LogP contribution in [0, 0.1) is 0 Å². The second-order valence-electron chi connectivity index (χ2n) is 8.10. The van der Waals surface area contributed by atoms with Crippen LogP contribution in [0.25, 0.3) is 0 Å². The third kappa shape index (κ3) is 6.29. The molecule has 1 atom stereocenters. The summed E-state index contributed by atoms with van der Waals surface area (Å²) < 4.78 is 0. The minimum absolute atomic E-state index is 0.107. The highest BCUT2D eigenvalue weighted by Gasteiger charge is 2.16. The molecule has 0 unspecified atom stereocenters. The van der Waals surface area contributed by atoms with Crippen LogP contribution in [0.1, 0.15) is 66.2 Å². The smallest absolute Gasteiger partial charge is 0.253 e. The Labute approximate surface area is 184 Å². The molecule has 0 saturated carbocycles. The summed E-state index contributed by atoms with van der Waals surface area (Å²) in [4.78, 5) is 25.4. The van der Waals surface area contributed by atoms with Crippen LogP contribution >= 0.6 is 0 Å². The molecule has 0 saturated heterocycles. The van der Waals surface area contributed by atoms with E-state index in [1.54, 1.807) is 18.2 Å². The molecule has 0 aliphatic carbocycles. The Morgan fingerprint density at radius 2 is 1.42 bits per heavy atom. The van der Waals surface area contributed by atoms with Gasteiger partial charge >= 0.3 is 0 Å². The number of carbonyl (C=O) groups is 2. The van der Waals surface area contributed by atoms with E-state index >= 15 is 0 Å². The summed E-state index contributed by atoms with van der Waals surface area (Å²) in [7, 11) is 0. The monoisotopic (exact) mass is 414 g/mol. The maximum Gasteiger partial charge on any atom is 0.253 e. The SMILES string of the molecule is CC(C)c1ccc(CCC(=O)Nc2ccccc2C(=O)N[C@@H](C)c2ccccc2)cc1. The van der Waals surface area contributed by atoms with Crippen molar-refractivity contribution in [1.29, 1.82) is 0 Å².